The van der Waals surface area contributed by atoms with E-state index in [1.807, 2.05) is 52.8 Å². The molecule has 0 heterocycles. The van der Waals surface area contributed by atoms with E-state index in [4.69, 9.17) is 9.47 Å². The number of carbonyl (C=O) groups is 3. The number of hydrogen-bond acceptors (Lipinski definition) is 5. The number of ether oxygens (including phenoxy) is 2. The average Bonchev–Trinajstić information content (AvgIpc) is 2.87. The molecule has 0 saturated heterocycles. The lowest BCUT2D eigenvalue weighted by Crippen LogP contribution is -2.54. The number of nitrogens with zero attached hydrogens (tertiary/aromatic N) is 1. The molecule has 2 aromatic carbocycles. The van der Waals surface area contributed by atoms with Crippen LogP contribution in [0.5, 0.6) is 5.75 Å². The number of amides is 3. The van der Waals surface area contributed by atoms with E-state index in [-0.39, 0.29) is 17.7 Å². The minimum Gasteiger partial charge on any atom is -0.497 e. The number of hydrogen-bond donors (Lipinski definition) is 2. The lowest BCUT2D eigenvalue weighted by Gasteiger charge is -2.36. The molecule has 0 aliphatic rings. The number of benzene rings is 2. The molecule has 3 atom stereocenters. The highest BCUT2D eigenvalue weighted by atomic mass is 16.6. The molecule has 2 N–H and O–H groups in total. The van der Waals surface area contributed by atoms with Crippen molar-refractivity contribution >= 4 is 23.6 Å². The van der Waals surface area contributed by atoms with Gasteiger partial charge >= 0.3 is 6.09 Å². The minimum atomic E-state index is -0.911. The van der Waals surface area contributed by atoms with Crippen LogP contribution in [0.15, 0.2) is 42.5 Å². The highest BCUT2D eigenvalue weighted by Crippen LogP contribution is 2.28. The maximum Gasteiger partial charge on any atom is 0.408 e. The standard InChI is InChI=1S/C31H45N3O5/c1-10-18-34(29(36)26(20(3)11-2)33-30(37)39-31(6,7)8)27(23-13-12-21(4)22(5)19-23)28(35)32-24-14-16-25(38-9)17-15-24/h12-17,19-20,26-27H,10-11,18H2,1-9H3,(H,32,35)(H,33,37). The summed E-state index contributed by atoms with van der Waals surface area (Å²) in [6.45, 7) is 15.5. The van der Waals surface area contributed by atoms with Crippen molar-refractivity contribution in [3.05, 3.63) is 59.2 Å². The number of anilines is 1. The van der Waals surface area contributed by atoms with E-state index in [1.165, 1.54) is 0 Å². The van der Waals surface area contributed by atoms with Crippen molar-refractivity contribution in [3.8, 4) is 5.75 Å². The average molecular weight is 540 g/mol. The summed E-state index contributed by atoms with van der Waals surface area (Å²) < 4.78 is 10.7. The molecule has 0 aliphatic heterocycles. The van der Waals surface area contributed by atoms with E-state index in [9.17, 15) is 14.4 Å². The topological polar surface area (TPSA) is 97.0 Å². The van der Waals surface area contributed by atoms with E-state index >= 15 is 0 Å². The zero-order valence-electron chi connectivity index (χ0n) is 24.9. The van der Waals surface area contributed by atoms with Gasteiger partial charge in [0.2, 0.25) is 5.91 Å². The summed E-state index contributed by atoms with van der Waals surface area (Å²) in [6, 6.07) is 11.1. The Labute approximate surface area is 233 Å². The molecule has 0 saturated carbocycles. The molecule has 3 unspecified atom stereocenters. The number of methoxy groups -OCH3 is 1. The van der Waals surface area contributed by atoms with Gasteiger partial charge in [-0.15, -0.1) is 0 Å². The molecule has 0 fully saturated rings. The monoisotopic (exact) mass is 539 g/mol. The number of nitrogens with one attached hydrogen (secondary N) is 2. The van der Waals surface area contributed by atoms with Gasteiger partial charge in [-0.25, -0.2) is 4.79 Å². The van der Waals surface area contributed by atoms with Gasteiger partial charge in [0, 0.05) is 12.2 Å². The molecular formula is C31H45N3O5. The Morgan fingerprint density at radius 2 is 1.62 bits per heavy atom. The van der Waals surface area contributed by atoms with Gasteiger partial charge in [-0.05, 0) is 87.9 Å². The molecule has 2 rings (SSSR count). The summed E-state index contributed by atoms with van der Waals surface area (Å²) in [7, 11) is 1.58. The third-order valence-electron chi connectivity index (χ3n) is 6.66. The van der Waals surface area contributed by atoms with Gasteiger partial charge in [0.05, 0.1) is 7.11 Å². The summed E-state index contributed by atoms with van der Waals surface area (Å²) in [5.74, 6) is -0.184. The molecule has 214 valence electrons. The molecule has 0 bridgehead atoms. The number of rotatable bonds is 11. The third-order valence-corrected chi connectivity index (χ3v) is 6.66. The Balaban J connectivity index is 2.53. The second-order valence-corrected chi connectivity index (χ2v) is 11.0. The van der Waals surface area contributed by atoms with Crippen LogP contribution >= 0.6 is 0 Å². The van der Waals surface area contributed by atoms with Gasteiger partial charge in [0.25, 0.3) is 5.91 Å². The first-order valence-corrected chi connectivity index (χ1v) is 13.6. The fraction of sp³-hybridized carbons (Fsp3) is 0.516. The Bertz CT molecular complexity index is 1120. The van der Waals surface area contributed by atoms with Crippen molar-refractivity contribution < 1.29 is 23.9 Å². The fourth-order valence-electron chi connectivity index (χ4n) is 4.20. The van der Waals surface area contributed by atoms with Crippen LogP contribution in [-0.4, -0.2) is 48.1 Å². The predicted molar refractivity (Wildman–Crippen MR) is 155 cm³/mol. The second-order valence-electron chi connectivity index (χ2n) is 11.0. The SMILES string of the molecule is CCCN(C(=O)C(NC(=O)OC(C)(C)C)C(C)CC)C(C(=O)Nc1ccc(OC)cc1)c1ccc(C)c(C)c1. The van der Waals surface area contributed by atoms with Crippen molar-refractivity contribution in [2.75, 3.05) is 19.0 Å². The van der Waals surface area contributed by atoms with E-state index < -0.39 is 23.8 Å². The molecule has 0 aromatic heterocycles. The van der Waals surface area contributed by atoms with Crippen molar-refractivity contribution in [1.82, 2.24) is 10.2 Å². The van der Waals surface area contributed by atoms with Crippen molar-refractivity contribution in [2.45, 2.75) is 85.9 Å². The quantitative estimate of drug-likeness (QED) is 0.356. The largest absolute Gasteiger partial charge is 0.497 e. The first kappa shape index (κ1) is 31.7. The Hall–Kier alpha value is -3.55. The second kappa shape index (κ2) is 14.0. The Kier molecular flexibility index (Phi) is 11.4. The van der Waals surface area contributed by atoms with E-state index in [0.29, 0.717) is 36.4 Å². The van der Waals surface area contributed by atoms with E-state index in [0.717, 1.165) is 11.1 Å². The van der Waals surface area contributed by atoms with Crippen molar-refractivity contribution in [2.24, 2.45) is 5.92 Å². The minimum absolute atomic E-state index is 0.186. The van der Waals surface area contributed by atoms with E-state index in [1.54, 1.807) is 57.0 Å². The van der Waals surface area contributed by atoms with Gasteiger partial charge in [-0.1, -0.05) is 45.4 Å². The van der Waals surface area contributed by atoms with Crippen LogP contribution in [0.1, 0.15) is 77.1 Å². The maximum atomic E-state index is 14.2. The number of aryl methyl sites for hydroxylation is 2. The Morgan fingerprint density at radius 3 is 2.13 bits per heavy atom. The van der Waals surface area contributed by atoms with Crippen LogP contribution in [0.2, 0.25) is 0 Å². The normalized spacial score (nSPS) is 13.6. The summed E-state index contributed by atoms with van der Waals surface area (Å²) in [5, 5.41) is 5.77. The molecule has 39 heavy (non-hydrogen) atoms. The van der Waals surface area contributed by atoms with Gasteiger partial charge in [-0.2, -0.15) is 0 Å². The molecule has 0 radical (unpaired) electrons. The third kappa shape index (κ3) is 9.01. The Morgan fingerprint density at radius 1 is 0.974 bits per heavy atom. The fourth-order valence-corrected chi connectivity index (χ4v) is 4.20. The molecule has 0 spiro atoms. The van der Waals surface area contributed by atoms with Crippen LogP contribution in [0.3, 0.4) is 0 Å². The molecule has 8 heteroatoms. The summed E-state index contributed by atoms with van der Waals surface area (Å²) in [4.78, 5) is 42.4. The summed E-state index contributed by atoms with van der Waals surface area (Å²) in [6.07, 6.45) is 0.615. The van der Waals surface area contributed by atoms with Crippen LogP contribution in [0.25, 0.3) is 0 Å². The van der Waals surface area contributed by atoms with Crippen molar-refractivity contribution in [3.63, 3.8) is 0 Å². The zero-order chi connectivity index (χ0) is 29.3. The molecular weight excluding hydrogens is 494 g/mol. The van der Waals surface area contributed by atoms with Gasteiger partial charge < -0.3 is 25.0 Å². The highest BCUT2D eigenvalue weighted by Gasteiger charge is 2.38. The first-order chi connectivity index (χ1) is 18.3. The van der Waals surface area contributed by atoms with Gasteiger partial charge in [0.15, 0.2) is 0 Å². The zero-order valence-corrected chi connectivity index (χ0v) is 24.9. The summed E-state index contributed by atoms with van der Waals surface area (Å²) in [5.41, 5.74) is 2.68. The highest BCUT2D eigenvalue weighted by molar-refractivity contribution is 5.99. The lowest BCUT2D eigenvalue weighted by atomic mass is 9.94. The molecule has 0 aliphatic carbocycles. The molecule has 8 nitrogen and oxygen atoms in total. The van der Waals surface area contributed by atoms with Gasteiger partial charge in [-0.3, -0.25) is 9.59 Å². The van der Waals surface area contributed by atoms with Gasteiger partial charge in [0.1, 0.15) is 23.4 Å². The van der Waals surface area contributed by atoms with Crippen LogP contribution < -0.4 is 15.4 Å². The lowest BCUT2D eigenvalue weighted by molar-refractivity contribution is -0.141. The smallest absolute Gasteiger partial charge is 0.408 e. The van der Waals surface area contributed by atoms with Crippen LogP contribution in [0.4, 0.5) is 10.5 Å². The van der Waals surface area contributed by atoms with Crippen LogP contribution in [0, 0.1) is 19.8 Å². The maximum absolute atomic E-state index is 14.2. The number of carbonyl (C=O) groups excluding carboxylic acids is 3. The van der Waals surface area contributed by atoms with Crippen molar-refractivity contribution in [1.29, 1.82) is 0 Å². The summed E-state index contributed by atoms with van der Waals surface area (Å²) >= 11 is 0. The number of alkyl carbamates (subject to hydrolysis) is 1. The van der Waals surface area contributed by atoms with Crippen LogP contribution in [-0.2, 0) is 14.3 Å². The molecule has 2 aromatic rings. The first-order valence-electron chi connectivity index (χ1n) is 13.6. The van der Waals surface area contributed by atoms with E-state index in [2.05, 4.69) is 10.6 Å². The molecule has 3 amide bonds. The predicted octanol–water partition coefficient (Wildman–Crippen LogP) is 6.17.